The van der Waals surface area contributed by atoms with Gasteiger partial charge in [-0.15, -0.1) is 0 Å². The molecule has 7 heteroatoms. The van der Waals surface area contributed by atoms with Crippen LogP contribution >= 0.6 is 0 Å². The Morgan fingerprint density at radius 2 is 1.49 bits per heavy atom. The Hall–Kier alpha value is -3.97. The van der Waals surface area contributed by atoms with Gasteiger partial charge in [0, 0.05) is 23.7 Å². The molecule has 4 unspecified atom stereocenters. The van der Waals surface area contributed by atoms with E-state index < -0.39 is 41.0 Å². The fourth-order valence-electron chi connectivity index (χ4n) is 5.85. The molecular weight excluding hydrogens is 516 g/mol. The van der Waals surface area contributed by atoms with Crippen molar-refractivity contribution < 1.29 is 24.2 Å². The third-order valence-corrected chi connectivity index (χ3v) is 7.83. The molecule has 41 heavy (non-hydrogen) atoms. The number of rotatable bonds is 8. The molecule has 4 rings (SSSR count). The largest absolute Gasteiger partial charge is 0.494 e. The van der Waals surface area contributed by atoms with Crippen LogP contribution in [0.15, 0.2) is 60.7 Å². The summed E-state index contributed by atoms with van der Waals surface area (Å²) >= 11 is 0. The number of Topliss-reactive ketones (excluding diaryl/α,β-unsaturated/α-hetero) is 1. The molecule has 0 spiro atoms. The van der Waals surface area contributed by atoms with Crippen molar-refractivity contribution in [1.29, 1.82) is 0 Å². The minimum atomic E-state index is -1.69. The van der Waals surface area contributed by atoms with Crippen LogP contribution in [0.2, 0.25) is 0 Å². The number of anilines is 2. The second-order valence-electron chi connectivity index (χ2n) is 11.5. The smallest absolute Gasteiger partial charge is 0.235 e. The molecular formula is C34H40N2O5. The van der Waals surface area contributed by atoms with E-state index in [1.165, 1.54) is 6.92 Å². The number of benzene rings is 3. The summed E-state index contributed by atoms with van der Waals surface area (Å²) in [5.41, 5.74) is 3.94. The second kappa shape index (κ2) is 12.3. The van der Waals surface area contributed by atoms with Crippen LogP contribution in [-0.4, -0.2) is 34.9 Å². The molecule has 3 aromatic rings. The summed E-state index contributed by atoms with van der Waals surface area (Å²) in [6.45, 7) is 11.7. The summed E-state index contributed by atoms with van der Waals surface area (Å²) in [7, 11) is 0. The van der Waals surface area contributed by atoms with Crippen LogP contribution in [0.5, 0.6) is 5.75 Å². The first kappa shape index (κ1) is 30.0. The maximum atomic E-state index is 14.0. The molecule has 1 saturated carbocycles. The molecule has 7 nitrogen and oxygen atoms in total. The monoisotopic (exact) mass is 556 g/mol. The van der Waals surface area contributed by atoms with Crippen LogP contribution in [-0.2, 0) is 14.4 Å². The fraction of sp³-hybridized carbons (Fsp3) is 0.382. The molecule has 3 N–H and O–H groups in total. The average molecular weight is 557 g/mol. The lowest BCUT2D eigenvalue weighted by molar-refractivity contribution is -0.150. The zero-order chi connectivity index (χ0) is 29.9. The van der Waals surface area contributed by atoms with Gasteiger partial charge in [-0.3, -0.25) is 14.4 Å². The number of amides is 2. The number of hydrogen-bond acceptors (Lipinski definition) is 5. The zero-order valence-corrected chi connectivity index (χ0v) is 24.7. The van der Waals surface area contributed by atoms with E-state index in [-0.39, 0.29) is 6.42 Å². The molecule has 4 atom stereocenters. The van der Waals surface area contributed by atoms with Gasteiger partial charge >= 0.3 is 0 Å². The number of aryl methyl sites for hydroxylation is 4. The number of ketones is 1. The van der Waals surface area contributed by atoms with Crippen LogP contribution in [0.3, 0.4) is 0 Å². The zero-order valence-electron chi connectivity index (χ0n) is 24.7. The molecule has 1 fully saturated rings. The highest BCUT2D eigenvalue weighted by molar-refractivity contribution is 6.10. The van der Waals surface area contributed by atoms with Crippen LogP contribution in [0, 0.1) is 39.5 Å². The quantitative estimate of drug-likeness (QED) is 0.294. The van der Waals surface area contributed by atoms with Crippen molar-refractivity contribution in [2.24, 2.45) is 11.8 Å². The first-order chi connectivity index (χ1) is 19.4. The average Bonchev–Trinajstić information content (AvgIpc) is 2.89. The Kier molecular flexibility index (Phi) is 8.98. The maximum Gasteiger partial charge on any atom is 0.235 e. The number of ether oxygens (including phenoxy) is 1. The van der Waals surface area contributed by atoms with Gasteiger partial charge in [-0.1, -0.05) is 54.4 Å². The van der Waals surface area contributed by atoms with Gasteiger partial charge in [0.25, 0.3) is 0 Å². The summed E-state index contributed by atoms with van der Waals surface area (Å²) < 4.78 is 5.85. The topological polar surface area (TPSA) is 105 Å². The van der Waals surface area contributed by atoms with E-state index in [4.69, 9.17) is 4.74 Å². The Labute approximate surface area is 242 Å². The van der Waals surface area contributed by atoms with Gasteiger partial charge in [-0.2, -0.15) is 0 Å². The van der Waals surface area contributed by atoms with E-state index in [1.54, 1.807) is 24.3 Å². The second-order valence-corrected chi connectivity index (χ2v) is 11.5. The Balaban J connectivity index is 1.80. The van der Waals surface area contributed by atoms with E-state index in [0.29, 0.717) is 29.3 Å². The molecule has 0 saturated heterocycles. The Morgan fingerprint density at radius 3 is 2.05 bits per heavy atom. The van der Waals surface area contributed by atoms with Crippen LogP contribution in [0.1, 0.15) is 60.4 Å². The number of carbonyl (C=O) groups excluding carboxylic acids is 3. The molecule has 0 heterocycles. The van der Waals surface area contributed by atoms with E-state index in [2.05, 4.69) is 10.6 Å². The predicted molar refractivity (Wildman–Crippen MR) is 161 cm³/mol. The molecule has 216 valence electrons. The number of aliphatic hydroxyl groups is 1. The van der Waals surface area contributed by atoms with Gasteiger partial charge in [0.1, 0.15) is 17.5 Å². The first-order valence-electron chi connectivity index (χ1n) is 14.2. The van der Waals surface area contributed by atoms with Crippen LogP contribution in [0.25, 0.3) is 0 Å². The highest BCUT2D eigenvalue weighted by Crippen LogP contribution is 2.47. The molecule has 0 bridgehead atoms. The summed E-state index contributed by atoms with van der Waals surface area (Å²) in [6, 6.07) is 18.5. The van der Waals surface area contributed by atoms with Gasteiger partial charge in [-0.25, -0.2) is 0 Å². The van der Waals surface area contributed by atoms with Gasteiger partial charge in [0.05, 0.1) is 18.1 Å². The highest BCUT2D eigenvalue weighted by atomic mass is 16.5. The Morgan fingerprint density at radius 1 is 0.902 bits per heavy atom. The fourth-order valence-corrected chi connectivity index (χ4v) is 5.85. The lowest BCUT2D eigenvalue weighted by Crippen LogP contribution is -2.56. The van der Waals surface area contributed by atoms with Gasteiger partial charge in [0.15, 0.2) is 0 Å². The van der Waals surface area contributed by atoms with Gasteiger partial charge < -0.3 is 20.5 Å². The normalized spacial score (nSPS) is 22.2. The van der Waals surface area contributed by atoms with Crippen molar-refractivity contribution in [1.82, 2.24) is 0 Å². The maximum absolute atomic E-state index is 14.0. The lowest BCUT2D eigenvalue weighted by atomic mass is 9.61. The van der Waals surface area contributed by atoms with Crippen molar-refractivity contribution in [2.45, 2.75) is 65.9 Å². The van der Waals surface area contributed by atoms with Crippen molar-refractivity contribution in [2.75, 3.05) is 17.2 Å². The molecule has 3 aromatic carbocycles. The number of hydrogen-bond donors (Lipinski definition) is 3. The van der Waals surface area contributed by atoms with Crippen molar-refractivity contribution in [3.8, 4) is 5.75 Å². The highest BCUT2D eigenvalue weighted by Gasteiger charge is 2.56. The molecule has 1 aliphatic rings. The summed E-state index contributed by atoms with van der Waals surface area (Å²) in [4.78, 5) is 41.6. The van der Waals surface area contributed by atoms with Crippen molar-refractivity contribution in [3.63, 3.8) is 0 Å². The predicted octanol–water partition coefficient (Wildman–Crippen LogP) is 6.03. The van der Waals surface area contributed by atoms with E-state index in [9.17, 15) is 19.5 Å². The molecule has 0 aromatic heterocycles. The van der Waals surface area contributed by atoms with E-state index >= 15 is 0 Å². The standard InChI is InChI=1S/C34H40N2O5/c1-7-15-41-25-10-8-9-24(18-25)29-30(32(38)35-26-13-11-20(2)16-22(26)4)28(37)19-34(6,40)31(29)33(39)36-27-14-12-21(3)17-23(27)5/h8-14,16-18,29-31,40H,7,15,19H2,1-6H3,(H,35,38)(H,36,39). The lowest BCUT2D eigenvalue weighted by Gasteiger charge is -2.44. The summed E-state index contributed by atoms with van der Waals surface area (Å²) in [5, 5.41) is 17.5. The molecule has 1 aliphatic carbocycles. The van der Waals surface area contributed by atoms with E-state index in [0.717, 1.165) is 28.7 Å². The van der Waals surface area contributed by atoms with E-state index in [1.807, 2.05) is 71.0 Å². The first-order valence-corrected chi connectivity index (χ1v) is 14.2. The summed E-state index contributed by atoms with van der Waals surface area (Å²) in [5.74, 6) is -4.05. The summed E-state index contributed by atoms with van der Waals surface area (Å²) in [6.07, 6.45) is 0.480. The molecule has 2 amide bonds. The minimum absolute atomic E-state index is 0.328. The minimum Gasteiger partial charge on any atom is -0.494 e. The van der Waals surface area contributed by atoms with Crippen molar-refractivity contribution >= 4 is 29.0 Å². The van der Waals surface area contributed by atoms with Gasteiger partial charge in [0.2, 0.25) is 11.8 Å². The third-order valence-electron chi connectivity index (χ3n) is 7.83. The number of nitrogens with one attached hydrogen (secondary N) is 2. The van der Waals surface area contributed by atoms with Crippen molar-refractivity contribution in [3.05, 3.63) is 88.5 Å². The van der Waals surface area contributed by atoms with Crippen LogP contribution < -0.4 is 15.4 Å². The molecule has 0 aliphatic heterocycles. The Bertz CT molecular complexity index is 1460. The third kappa shape index (κ3) is 6.68. The SMILES string of the molecule is CCCOc1cccc(C2C(C(=O)Nc3ccc(C)cc3C)C(=O)CC(C)(O)C2C(=O)Nc2ccc(C)cc2C)c1. The van der Waals surface area contributed by atoms with Gasteiger partial charge in [-0.05, 0) is 82.0 Å². The van der Waals surface area contributed by atoms with Crippen LogP contribution in [0.4, 0.5) is 11.4 Å². The molecule has 0 radical (unpaired) electrons. The number of carbonyl (C=O) groups is 3.